The number of para-hydroxylation sites is 1. The minimum Gasteiger partial charge on any atom is -0.377 e. The minimum atomic E-state index is -0.204. The standard InChI is InChI=1S/C15H22N2O3/c1-2-19-11-12-6-3-4-8-14(12)17-15(18)16-10-13-7-5-9-20-13/h3-4,6,8,13H,2,5,7,9-11H2,1H3,(H2,16,17,18). The van der Waals surface area contributed by atoms with Gasteiger partial charge in [0.25, 0.3) is 0 Å². The molecule has 1 aliphatic rings. The third kappa shape index (κ3) is 4.51. The molecule has 0 radical (unpaired) electrons. The van der Waals surface area contributed by atoms with Crippen molar-refractivity contribution in [1.29, 1.82) is 0 Å². The summed E-state index contributed by atoms with van der Waals surface area (Å²) in [7, 11) is 0. The Morgan fingerprint density at radius 1 is 1.45 bits per heavy atom. The Morgan fingerprint density at radius 3 is 3.05 bits per heavy atom. The van der Waals surface area contributed by atoms with Crippen molar-refractivity contribution in [3.05, 3.63) is 29.8 Å². The van der Waals surface area contributed by atoms with Gasteiger partial charge >= 0.3 is 6.03 Å². The molecule has 0 aliphatic carbocycles. The fraction of sp³-hybridized carbons (Fsp3) is 0.533. The molecule has 0 bridgehead atoms. The monoisotopic (exact) mass is 278 g/mol. The van der Waals surface area contributed by atoms with Crippen LogP contribution in [-0.2, 0) is 16.1 Å². The number of rotatable bonds is 6. The van der Waals surface area contributed by atoms with Crippen LogP contribution >= 0.6 is 0 Å². The van der Waals surface area contributed by atoms with Crippen LogP contribution in [0.5, 0.6) is 0 Å². The predicted molar refractivity (Wildman–Crippen MR) is 77.8 cm³/mol. The lowest BCUT2D eigenvalue weighted by Gasteiger charge is -2.14. The zero-order valence-electron chi connectivity index (χ0n) is 11.9. The van der Waals surface area contributed by atoms with E-state index < -0.39 is 0 Å². The molecule has 0 spiro atoms. The second kappa shape index (κ2) is 7.87. The highest BCUT2D eigenvalue weighted by atomic mass is 16.5. The lowest BCUT2D eigenvalue weighted by Crippen LogP contribution is -2.35. The first-order valence-electron chi connectivity index (χ1n) is 7.11. The number of amides is 2. The third-order valence-electron chi connectivity index (χ3n) is 3.24. The van der Waals surface area contributed by atoms with Crippen LogP contribution in [0.15, 0.2) is 24.3 Å². The van der Waals surface area contributed by atoms with E-state index in [4.69, 9.17) is 9.47 Å². The van der Waals surface area contributed by atoms with Crippen molar-refractivity contribution in [2.45, 2.75) is 32.5 Å². The number of hydrogen-bond acceptors (Lipinski definition) is 3. The van der Waals surface area contributed by atoms with Gasteiger partial charge in [0.2, 0.25) is 0 Å². The van der Waals surface area contributed by atoms with E-state index in [-0.39, 0.29) is 12.1 Å². The van der Waals surface area contributed by atoms with Gasteiger partial charge in [0.1, 0.15) is 0 Å². The molecule has 1 aromatic rings. The molecule has 5 nitrogen and oxygen atoms in total. The smallest absolute Gasteiger partial charge is 0.319 e. The van der Waals surface area contributed by atoms with Crippen LogP contribution in [0, 0.1) is 0 Å². The summed E-state index contributed by atoms with van der Waals surface area (Å²) in [4.78, 5) is 11.9. The van der Waals surface area contributed by atoms with Gasteiger partial charge in [-0.25, -0.2) is 4.79 Å². The summed E-state index contributed by atoms with van der Waals surface area (Å²) in [6, 6.07) is 7.45. The molecule has 110 valence electrons. The van der Waals surface area contributed by atoms with Gasteiger partial charge in [-0.3, -0.25) is 0 Å². The predicted octanol–water partition coefficient (Wildman–Crippen LogP) is 2.52. The van der Waals surface area contributed by atoms with Gasteiger partial charge in [-0.1, -0.05) is 18.2 Å². The molecule has 1 saturated heterocycles. The lowest BCUT2D eigenvalue weighted by molar-refractivity contribution is 0.112. The van der Waals surface area contributed by atoms with Crippen molar-refractivity contribution >= 4 is 11.7 Å². The Morgan fingerprint density at radius 2 is 2.30 bits per heavy atom. The van der Waals surface area contributed by atoms with Gasteiger partial charge in [-0.2, -0.15) is 0 Å². The molecule has 2 N–H and O–H groups in total. The molecular weight excluding hydrogens is 256 g/mol. The van der Waals surface area contributed by atoms with Gasteiger partial charge in [0.05, 0.1) is 12.7 Å². The van der Waals surface area contributed by atoms with Crippen LogP contribution < -0.4 is 10.6 Å². The van der Waals surface area contributed by atoms with Gasteiger partial charge in [0.15, 0.2) is 0 Å². The molecule has 5 heteroatoms. The number of urea groups is 1. The van der Waals surface area contributed by atoms with E-state index in [1.807, 2.05) is 31.2 Å². The molecule has 1 heterocycles. The number of ether oxygens (including phenoxy) is 2. The molecular formula is C15H22N2O3. The van der Waals surface area contributed by atoms with E-state index in [1.54, 1.807) is 0 Å². The second-order valence-electron chi connectivity index (χ2n) is 4.76. The summed E-state index contributed by atoms with van der Waals surface area (Å²) in [6.45, 7) is 4.45. The Hall–Kier alpha value is -1.59. The van der Waals surface area contributed by atoms with E-state index in [0.717, 1.165) is 30.7 Å². The first-order chi connectivity index (χ1) is 9.79. The molecule has 1 unspecified atom stereocenters. The normalized spacial score (nSPS) is 17.9. The molecule has 1 aliphatic heterocycles. The molecule has 1 atom stereocenters. The summed E-state index contributed by atoms with van der Waals surface area (Å²) < 4.78 is 10.9. The van der Waals surface area contributed by atoms with Crippen molar-refractivity contribution in [3.63, 3.8) is 0 Å². The number of anilines is 1. The number of nitrogens with one attached hydrogen (secondary N) is 2. The SMILES string of the molecule is CCOCc1ccccc1NC(=O)NCC1CCCO1. The van der Waals surface area contributed by atoms with Crippen molar-refractivity contribution < 1.29 is 14.3 Å². The minimum absolute atomic E-state index is 0.152. The molecule has 0 aromatic heterocycles. The maximum atomic E-state index is 11.9. The Balaban J connectivity index is 1.83. The first-order valence-corrected chi connectivity index (χ1v) is 7.11. The van der Waals surface area contributed by atoms with Gasteiger partial charge in [0, 0.05) is 31.0 Å². The van der Waals surface area contributed by atoms with Gasteiger partial charge in [-0.15, -0.1) is 0 Å². The van der Waals surface area contributed by atoms with E-state index in [1.165, 1.54) is 0 Å². The summed E-state index contributed by atoms with van der Waals surface area (Å²) in [6.07, 6.45) is 2.24. The fourth-order valence-corrected chi connectivity index (χ4v) is 2.16. The molecule has 1 aromatic carbocycles. The van der Waals surface area contributed by atoms with E-state index in [0.29, 0.717) is 19.8 Å². The highest BCUT2D eigenvalue weighted by Crippen LogP contribution is 2.16. The average Bonchev–Trinajstić information content (AvgIpc) is 2.97. The van der Waals surface area contributed by atoms with Crippen molar-refractivity contribution in [3.8, 4) is 0 Å². The quantitative estimate of drug-likeness (QED) is 0.840. The van der Waals surface area contributed by atoms with Crippen LogP contribution in [0.4, 0.5) is 10.5 Å². The zero-order chi connectivity index (χ0) is 14.2. The molecule has 20 heavy (non-hydrogen) atoms. The maximum absolute atomic E-state index is 11.9. The maximum Gasteiger partial charge on any atom is 0.319 e. The van der Waals surface area contributed by atoms with E-state index in [9.17, 15) is 4.79 Å². The zero-order valence-corrected chi connectivity index (χ0v) is 11.9. The van der Waals surface area contributed by atoms with Crippen LogP contribution in [0.2, 0.25) is 0 Å². The number of carbonyl (C=O) groups is 1. The second-order valence-corrected chi connectivity index (χ2v) is 4.76. The fourth-order valence-electron chi connectivity index (χ4n) is 2.16. The highest BCUT2D eigenvalue weighted by molar-refractivity contribution is 5.90. The van der Waals surface area contributed by atoms with Crippen molar-refractivity contribution in [2.24, 2.45) is 0 Å². The Kier molecular flexibility index (Phi) is 5.83. The third-order valence-corrected chi connectivity index (χ3v) is 3.24. The van der Waals surface area contributed by atoms with Gasteiger partial charge in [-0.05, 0) is 25.8 Å². The summed E-state index contributed by atoms with van der Waals surface area (Å²) in [5.41, 5.74) is 1.76. The highest BCUT2D eigenvalue weighted by Gasteiger charge is 2.16. The summed E-state index contributed by atoms with van der Waals surface area (Å²) in [5.74, 6) is 0. The summed E-state index contributed by atoms with van der Waals surface area (Å²) >= 11 is 0. The number of benzene rings is 1. The average molecular weight is 278 g/mol. The van der Waals surface area contributed by atoms with Crippen LogP contribution in [0.3, 0.4) is 0 Å². The summed E-state index contributed by atoms with van der Waals surface area (Å²) in [5, 5.41) is 5.70. The van der Waals surface area contributed by atoms with E-state index in [2.05, 4.69) is 10.6 Å². The Bertz CT molecular complexity index is 431. The number of carbonyl (C=O) groups excluding carboxylic acids is 1. The molecule has 1 fully saturated rings. The van der Waals surface area contributed by atoms with Crippen LogP contribution in [0.1, 0.15) is 25.3 Å². The van der Waals surface area contributed by atoms with E-state index >= 15 is 0 Å². The molecule has 2 amide bonds. The van der Waals surface area contributed by atoms with Crippen LogP contribution in [-0.4, -0.2) is 31.9 Å². The van der Waals surface area contributed by atoms with Crippen molar-refractivity contribution in [2.75, 3.05) is 25.1 Å². The first kappa shape index (κ1) is 14.8. The largest absolute Gasteiger partial charge is 0.377 e. The number of hydrogen-bond donors (Lipinski definition) is 2. The Labute approximate surface area is 119 Å². The topological polar surface area (TPSA) is 59.6 Å². The molecule has 2 rings (SSSR count). The van der Waals surface area contributed by atoms with Gasteiger partial charge < -0.3 is 20.1 Å². The lowest BCUT2D eigenvalue weighted by atomic mass is 10.2. The van der Waals surface area contributed by atoms with Crippen LogP contribution in [0.25, 0.3) is 0 Å². The molecule has 0 saturated carbocycles. The van der Waals surface area contributed by atoms with Crippen molar-refractivity contribution in [1.82, 2.24) is 5.32 Å².